The number of carbonyl (C=O) groups is 1. The second kappa shape index (κ2) is 6.82. The number of rotatable bonds is 5. The third-order valence-electron chi connectivity index (χ3n) is 3.08. The van der Waals surface area contributed by atoms with Crippen LogP contribution in [0.25, 0.3) is 0 Å². The third kappa shape index (κ3) is 4.17. The zero-order valence-corrected chi connectivity index (χ0v) is 11.8. The van der Waals surface area contributed by atoms with Crippen LogP contribution in [0.5, 0.6) is 0 Å². The number of nitrogens with zero attached hydrogens (tertiary/aromatic N) is 1. The predicted molar refractivity (Wildman–Crippen MR) is 80.5 cm³/mol. The molecule has 1 heterocycles. The van der Waals surface area contributed by atoms with Gasteiger partial charge in [-0.3, -0.25) is 9.78 Å². The van der Waals surface area contributed by atoms with Crippen LogP contribution in [0.2, 0.25) is 0 Å². The molecular formula is C16H19N3O. The van der Waals surface area contributed by atoms with Gasteiger partial charge < -0.3 is 10.6 Å². The van der Waals surface area contributed by atoms with Crippen molar-refractivity contribution in [3.63, 3.8) is 0 Å². The number of nitrogens with one attached hydrogen (secondary N) is 2. The molecule has 0 bridgehead atoms. The van der Waals surface area contributed by atoms with Crippen molar-refractivity contribution in [2.24, 2.45) is 0 Å². The summed E-state index contributed by atoms with van der Waals surface area (Å²) < 4.78 is 0. The Labute approximate surface area is 119 Å². The fourth-order valence-corrected chi connectivity index (χ4v) is 1.94. The number of benzene rings is 1. The summed E-state index contributed by atoms with van der Waals surface area (Å²) in [5.74, 6) is -0.0449. The van der Waals surface area contributed by atoms with Crippen molar-refractivity contribution < 1.29 is 4.79 Å². The summed E-state index contributed by atoms with van der Waals surface area (Å²) >= 11 is 0. The molecule has 1 aromatic carbocycles. The molecule has 2 aromatic rings. The van der Waals surface area contributed by atoms with Crippen LogP contribution in [0.3, 0.4) is 0 Å². The van der Waals surface area contributed by atoms with E-state index in [9.17, 15) is 4.79 Å². The first-order chi connectivity index (χ1) is 9.65. The Morgan fingerprint density at radius 1 is 1.25 bits per heavy atom. The molecule has 1 atom stereocenters. The fourth-order valence-electron chi connectivity index (χ4n) is 1.94. The third-order valence-corrected chi connectivity index (χ3v) is 3.08. The van der Waals surface area contributed by atoms with Crippen molar-refractivity contribution in [2.75, 3.05) is 11.9 Å². The van der Waals surface area contributed by atoms with E-state index in [1.807, 2.05) is 50.2 Å². The first-order valence-corrected chi connectivity index (χ1v) is 6.65. The molecule has 1 unspecified atom stereocenters. The van der Waals surface area contributed by atoms with Crippen LogP contribution in [0, 0.1) is 6.92 Å². The Balaban J connectivity index is 1.83. The lowest BCUT2D eigenvalue weighted by atomic mass is 10.1. The summed E-state index contributed by atoms with van der Waals surface area (Å²) in [6.07, 6.45) is 3.50. The van der Waals surface area contributed by atoms with Gasteiger partial charge in [-0.2, -0.15) is 0 Å². The molecule has 4 nitrogen and oxygen atoms in total. The lowest BCUT2D eigenvalue weighted by Crippen LogP contribution is -2.30. The monoisotopic (exact) mass is 269 g/mol. The van der Waals surface area contributed by atoms with E-state index in [2.05, 4.69) is 15.6 Å². The molecule has 0 radical (unpaired) electrons. The molecule has 0 aliphatic heterocycles. The minimum Gasteiger partial charge on any atom is -0.325 e. The molecule has 2 N–H and O–H groups in total. The molecule has 0 spiro atoms. The topological polar surface area (TPSA) is 54.0 Å². The maximum absolute atomic E-state index is 11.9. The highest BCUT2D eigenvalue weighted by Gasteiger charge is 2.07. The Hall–Kier alpha value is -2.20. The van der Waals surface area contributed by atoms with Gasteiger partial charge in [-0.1, -0.05) is 12.1 Å². The van der Waals surface area contributed by atoms with Crippen molar-refractivity contribution in [2.45, 2.75) is 19.9 Å². The Bertz CT molecular complexity index is 569. The van der Waals surface area contributed by atoms with Gasteiger partial charge in [-0.05, 0) is 49.2 Å². The smallest absolute Gasteiger partial charge is 0.238 e. The first kappa shape index (κ1) is 14.2. The van der Waals surface area contributed by atoms with E-state index in [4.69, 9.17) is 0 Å². The van der Waals surface area contributed by atoms with E-state index in [1.54, 1.807) is 12.4 Å². The normalized spacial score (nSPS) is 11.9. The molecule has 0 aliphatic carbocycles. The summed E-state index contributed by atoms with van der Waals surface area (Å²) in [5.41, 5.74) is 3.07. The molecule has 20 heavy (non-hydrogen) atoms. The van der Waals surface area contributed by atoms with Crippen molar-refractivity contribution in [3.8, 4) is 0 Å². The van der Waals surface area contributed by atoms with E-state index in [0.29, 0.717) is 0 Å². The summed E-state index contributed by atoms with van der Waals surface area (Å²) in [6, 6.07) is 11.8. The van der Waals surface area contributed by atoms with Crippen molar-refractivity contribution >= 4 is 11.6 Å². The highest BCUT2D eigenvalue weighted by atomic mass is 16.1. The van der Waals surface area contributed by atoms with Gasteiger partial charge in [-0.15, -0.1) is 0 Å². The van der Waals surface area contributed by atoms with Crippen LogP contribution in [-0.4, -0.2) is 17.4 Å². The van der Waals surface area contributed by atoms with Crippen LogP contribution in [0.4, 0.5) is 5.69 Å². The number of hydrogen-bond acceptors (Lipinski definition) is 3. The minimum atomic E-state index is -0.0449. The Morgan fingerprint density at radius 2 is 2.00 bits per heavy atom. The number of aromatic nitrogens is 1. The van der Waals surface area contributed by atoms with Crippen LogP contribution >= 0.6 is 0 Å². The highest BCUT2D eigenvalue weighted by molar-refractivity contribution is 5.92. The van der Waals surface area contributed by atoms with Crippen LogP contribution in [0.1, 0.15) is 24.1 Å². The number of pyridine rings is 1. The first-order valence-electron chi connectivity index (χ1n) is 6.65. The van der Waals surface area contributed by atoms with Gasteiger partial charge >= 0.3 is 0 Å². The summed E-state index contributed by atoms with van der Waals surface area (Å²) in [4.78, 5) is 15.9. The number of anilines is 1. The number of carbonyl (C=O) groups excluding carboxylic acids is 1. The summed E-state index contributed by atoms with van der Waals surface area (Å²) in [6.45, 7) is 4.30. The van der Waals surface area contributed by atoms with Gasteiger partial charge in [0.15, 0.2) is 0 Å². The van der Waals surface area contributed by atoms with Crippen molar-refractivity contribution in [3.05, 3.63) is 59.9 Å². The zero-order chi connectivity index (χ0) is 14.4. The fraction of sp³-hybridized carbons (Fsp3) is 0.250. The number of aryl methyl sites for hydroxylation is 1. The Kier molecular flexibility index (Phi) is 4.85. The zero-order valence-electron chi connectivity index (χ0n) is 11.8. The quantitative estimate of drug-likeness (QED) is 0.877. The minimum absolute atomic E-state index is 0.0449. The molecule has 0 saturated carbocycles. The SMILES string of the molecule is Cc1cccc(NC(=O)CNC(C)c2ccncc2)c1. The van der Waals surface area contributed by atoms with Crippen LogP contribution in [-0.2, 0) is 4.79 Å². The maximum atomic E-state index is 11.9. The molecule has 0 aliphatic rings. The molecule has 104 valence electrons. The van der Waals surface area contributed by atoms with Gasteiger partial charge in [0.1, 0.15) is 0 Å². The second-order valence-electron chi connectivity index (χ2n) is 4.80. The van der Waals surface area contributed by atoms with Crippen LogP contribution < -0.4 is 10.6 Å². The van der Waals surface area contributed by atoms with E-state index in [-0.39, 0.29) is 18.5 Å². The largest absolute Gasteiger partial charge is 0.325 e. The van der Waals surface area contributed by atoms with E-state index >= 15 is 0 Å². The highest BCUT2D eigenvalue weighted by Crippen LogP contribution is 2.11. The summed E-state index contributed by atoms with van der Waals surface area (Å²) in [5, 5.41) is 6.07. The Morgan fingerprint density at radius 3 is 2.70 bits per heavy atom. The van der Waals surface area contributed by atoms with Crippen molar-refractivity contribution in [1.82, 2.24) is 10.3 Å². The van der Waals surface area contributed by atoms with Gasteiger partial charge in [0.25, 0.3) is 0 Å². The average molecular weight is 269 g/mol. The van der Waals surface area contributed by atoms with Gasteiger partial charge in [-0.25, -0.2) is 0 Å². The number of hydrogen-bond donors (Lipinski definition) is 2. The van der Waals surface area contributed by atoms with E-state index in [0.717, 1.165) is 16.8 Å². The molecule has 1 amide bonds. The van der Waals surface area contributed by atoms with Crippen molar-refractivity contribution in [1.29, 1.82) is 0 Å². The van der Waals surface area contributed by atoms with Gasteiger partial charge in [0.2, 0.25) is 5.91 Å². The molecule has 0 saturated heterocycles. The van der Waals surface area contributed by atoms with Gasteiger partial charge in [0, 0.05) is 24.1 Å². The molecular weight excluding hydrogens is 250 g/mol. The molecule has 1 aromatic heterocycles. The summed E-state index contributed by atoms with van der Waals surface area (Å²) in [7, 11) is 0. The molecule has 4 heteroatoms. The second-order valence-corrected chi connectivity index (χ2v) is 4.80. The molecule has 0 fully saturated rings. The lowest BCUT2D eigenvalue weighted by Gasteiger charge is -2.14. The van der Waals surface area contributed by atoms with Crippen LogP contribution in [0.15, 0.2) is 48.8 Å². The lowest BCUT2D eigenvalue weighted by molar-refractivity contribution is -0.115. The maximum Gasteiger partial charge on any atom is 0.238 e. The van der Waals surface area contributed by atoms with E-state index in [1.165, 1.54) is 0 Å². The standard InChI is InChI=1S/C16H19N3O/c1-12-4-3-5-15(10-12)19-16(20)11-18-13(2)14-6-8-17-9-7-14/h3-10,13,18H,11H2,1-2H3,(H,19,20). The van der Waals surface area contributed by atoms with Gasteiger partial charge in [0.05, 0.1) is 6.54 Å². The predicted octanol–water partition coefficient (Wildman–Crippen LogP) is 2.68. The molecule has 2 rings (SSSR count). The van der Waals surface area contributed by atoms with E-state index < -0.39 is 0 Å². The number of amides is 1. The average Bonchev–Trinajstić information content (AvgIpc) is 2.46.